The molecule has 0 unspecified atom stereocenters. The van der Waals surface area contributed by atoms with Gasteiger partial charge in [0.15, 0.2) is 11.7 Å². The zero-order chi connectivity index (χ0) is 12.9. The molecule has 0 amide bonds. The van der Waals surface area contributed by atoms with Crippen LogP contribution in [-0.4, -0.2) is 50.1 Å². The maximum absolute atomic E-state index is 10.3. The monoisotopic (exact) mass is 246 g/mol. The summed E-state index contributed by atoms with van der Waals surface area (Å²) in [4.78, 5) is 20.5. The van der Waals surface area contributed by atoms with Crippen molar-refractivity contribution in [2.75, 3.05) is 33.0 Å². The minimum Gasteiger partial charge on any atom is -0.487 e. The number of hydrogen-bond donors (Lipinski definition) is 1. The van der Waals surface area contributed by atoms with Crippen molar-refractivity contribution >= 4 is 11.9 Å². The number of aliphatic carboxylic acids is 1. The van der Waals surface area contributed by atoms with Gasteiger partial charge in [0.05, 0.1) is 39.5 Å². The van der Waals surface area contributed by atoms with Gasteiger partial charge in [-0.3, -0.25) is 4.79 Å². The summed E-state index contributed by atoms with van der Waals surface area (Å²) >= 11 is 0. The van der Waals surface area contributed by atoms with Crippen molar-refractivity contribution < 1.29 is 28.9 Å². The Bertz CT molecular complexity index is 257. The van der Waals surface area contributed by atoms with Crippen molar-refractivity contribution in [3.05, 3.63) is 5.76 Å². The van der Waals surface area contributed by atoms with Crippen molar-refractivity contribution in [2.24, 2.45) is 0 Å². The van der Waals surface area contributed by atoms with E-state index in [2.05, 4.69) is 0 Å². The Hall–Kier alpha value is -1.36. The molecule has 6 nitrogen and oxygen atoms in total. The van der Waals surface area contributed by atoms with Gasteiger partial charge in [-0.05, 0) is 6.92 Å². The fourth-order valence-electron chi connectivity index (χ4n) is 0.973. The van der Waals surface area contributed by atoms with Gasteiger partial charge in [0.1, 0.15) is 0 Å². The van der Waals surface area contributed by atoms with Crippen LogP contribution >= 0.6 is 0 Å². The highest BCUT2D eigenvalue weighted by molar-refractivity contribution is 5.66. The molecule has 0 fully saturated rings. The standard InChI is InChI=1S/C11H18O6/c1-2-17-10(9-12)3-5-15-7-8-16-6-4-11(13)14/h2-8H2,1H3,(H,13,14). The number of carbonyl (C=O) groups excluding carboxylic acids is 1. The fourth-order valence-corrected chi connectivity index (χ4v) is 0.973. The lowest BCUT2D eigenvalue weighted by Gasteiger charge is -2.06. The van der Waals surface area contributed by atoms with Gasteiger partial charge in [0.25, 0.3) is 0 Å². The van der Waals surface area contributed by atoms with Crippen LogP contribution in [0.1, 0.15) is 19.8 Å². The van der Waals surface area contributed by atoms with E-state index in [0.29, 0.717) is 32.8 Å². The second-order valence-electron chi connectivity index (χ2n) is 3.08. The molecule has 0 saturated heterocycles. The molecular formula is C11H18O6. The average Bonchev–Trinajstić information content (AvgIpc) is 2.30. The average molecular weight is 246 g/mol. The number of rotatable bonds is 11. The summed E-state index contributed by atoms with van der Waals surface area (Å²) in [6.07, 6.45) is 0.370. The molecule has 6 heteroatoms. The quantitative estimate of drug-likeness (QED) is 0.327. The van der Waals surface area contributed by atoms with Crippen LogP contribution in [0.5, 0.6) is 0 Å². The molecule has 0 aliphatic rings. The number of carboxylic acids is 1. The van der Waals surface area contributed by atoms with E-state index in [1.165, 1.54) is 0 Å². The molecule has 0 aromatic carbocycles. The Balaban J connectivity index is 3.28. The molecule has 0 bridgehead atoms. The van der Waals surface area contributed by atoms with Crippen LogP contribution in [0.4, 0.5) is 0 Å². The van der Waals surface area contributed by atoms with E-state index in [1.807, 2.05) is 0 Å². The second kappa shape index (κ2) is 11.1. The van der Waals surface area contributed by atoms with Gasteiger partial charge in [0.2, 0.25) is 0 Å². The van der Waals surface area contributed by atoms with Gasteiger partial charge in [-0.1, -0.05) is 0 Å². The van der Waals surface area contributed by atoms with Crippen LogP contribution in [0, 0.1) is 0 Å². The highest BCUT2D eigenvalue weighted by atomic mass is 16.5. The van der Waals surface area contributed by atoms with Crippen LogP contribution in [0.15, 0.2) is 5.76 Å². The first-order valence-corrected chi connectivity index (χ1v) is 5.44. The van der Waals surface area contributed by atoms with E-state index < -0.39 is 5.97 Å². The lowest BCUT2D eigenvalue weighted by molar-refractivity contribution is -0.138. The predicted octanol–water partition coefficient (Wildman–Crippen LogP) is 0.636. The minimum atomic E-state index is -0.886. The smallest absolute Gasteiger partial charge is 0.305 e. The maximum Gasteiger partial charge on any atom is 0.305 e. The number of carbonyl (C=O) groups is 1. The Morgan fingerprint density at radius 1 is 1.12 bits per heavy atom. The third-order valence-electron chi connectivity index (χ3n) is 1.74. The van der Waals surface area contributed by atoms with Gasteiger partial charge in [-0.25, -0.2) is 4.79 Å². The largest absolute Gasteiger partial charge is 0.487 e. The molecule has 0 radical (unpaired) electrons. The summed E-state index contributed by atoms with van der Waals surface area (Å²) in [5, 5.41) is 8.33. The Morgan fingerprint density at radius 2 is 1.71 bits per heavy atom. The summed E-state index contributed by atoms with van der Waals surface area (Å²) in [5.74, 6) is 1.06. The van der Waals surface area contributed by atoms with E-state index in [4.69, 9.17) is 19.3 Å². The summed E-state index contributed by atoms with van der Waals surface area (Å²) in [6.45, 7) is 3.45. The normalized spacial score (nSPS) is 9.71. The minimum absolute atomic E-state index is 0.0115. The van der Waals surface area contributed by atoms with E-state index in [9.17, 15) is 9.59 Å². The number of hydrogen-bond acceptors (Lipinski definition) is 5. The van der Waals surface area contributed by atoms with Crippen LogP contribution in [-0.2, 0) is 23.8 Å². The van der Waals surface area contributed by atoms with Crippen LogP contribution in [0.25, 0.3) is 0 Å². The Labute approximate surface area is 100 Å². The zero-order valence-electron chi connectivity index (χ0n) is 9.94. The molecular weight excluding hydrogens is 228 g/mol. The molecule has 0 aromatic heterocycles. The van der Waals surface area contributed by atoms with Gasteiger partial charge in [-0.15, -0.1) is 0 Å². The molecule has 1 N–H and O–H groups in total. The molecule has 0 aliphatic heterocycles. The lowest BCUT2D eigenvalue weighted by Crippen LogP contribution is -2.09. The maximum atomic E-state index is 10.3. The van der Waals surface area contributed by atoms with Gasteiger partial charge in [-0.2, -0.15) is 0 Å². The van der Waals surface area contributed by atoms with Crippen molar-refractivity contribution in [3.8, 4) is 0 Å². The summed E-state index contributed by atoms with van der Waals surface area (Å²) in [5.41, 5.74) is 0. The third-order valence-corrected chi connectivity index (χ3v) is 1.74. The molecule has 0 atom stereocenters. The number of carboxylic acid groups (broad SMARTS) is 1. The van der Waals surface area contributed by atoms with Crippen molar-refractivity contribution in [1.82, 2.24) is 0 Å². The molecule has 0 rings (SSSR count). The van der Waals surface area contributed by atoms with Crippen molar-refractivity contribution in [3.63, 3.8) is 0 Å². The van der Waals surface area contributed by atoms with Gasteiger partial charge >= 0.3 is 5.97 Å². The summed E-state index contributed by atoms with van der Waals surface area (Å²) in [7, 11) is 0. The topological polar surface area (TPSA) is 82.1 Å². The fraction of sp³-hybridized carbons (Fsp3) is 0.727. The summed E-state index contributed by atoms with van der Waals surface area (Å²) < 4.78 is 15.2. The highest BCUT2D eigenvalue weighted by Gasteiger charge is 1.99. The molecule has 0 aliphatic carbocycles. The predicted molar refractivity (Wildman–Crippen MR) is 59.3 cm³/mol. The second-order valence-corrected chi connectivity index (χ2v) is 3.08. The first-order valence-electron chi connectivity index (χ1n) is 5.44. The van der Waals surface area contributed by atoms with E-state index in [-0.39, 0.29) is 18.8 Å². The highest BCUT2D eigenvalue weighted by Crippen LogP contribution is 1.98. The first kappa shape index (κ1) is 15.6. The Kier molecular flexibility index (Phi) is 10.2. The third kappa shape index (κ3) is 10.9. The molecule has 0 saturated carbocycles. The van der Waals surface area contributed by atoms with Crippen molar-refractivity contribution in [1.29, 1.82) is 0 Å². The molecule has 0 spiro atoms. The van der Waals surface area contributed by atoms with Gasteiger partial charge < -0.3 is 19.3 Å². The van der Waals surface area contributed by atoms with Crippen LogP contribution in [0.3, 0.4) is 0 Å². The van der Waals surface area contributed by atoms with E-state index >= 15 is 0 Å². The SMILES string of the molecule is CCOC(=C=O)CCOCCOCCC(=O)O. The van der Waals surface area contributed by atoms with E-state index in [0.717, 1.165) is 0 Å². The lowest BCUT2D eigenvalue weighted by atomic mass is 10.4. The molecule has 0 heterocycles. The molecule has 98 valence electrons. The molecule has 0 aromatic rings. The van der Waals surface area contributed by atoms with Crippen LogP contribution < -0.4 is 0 Å². The van der Waals surface area contributed by atoms with Gasteiger partial charge in [0, 0.05) is 6.42 Å². The zero-order valence-corrected chi connectivity index (χ0v) is 9.94. The summed E-state index contributed by atoms with van der Waals surface area (Å²) in [6, 6.07) is 0. The van der Waals surface area contributed by atoms with Crippen molar-refractivity contribution in [2.45, 2.75) is 19.8 Å². The van der Waals surface area contributed by atoms with E-state index in [1.54, 1.807) is 12.9 Å². The van der Waals surface area contributed by atoms with Crippen LogP contribution in [0.2, 0.25) is 0 Å². The number of ether oxygens (including phenoxy) is 3. The Morgan fingerprint density at radius 3 is 2.18 bits per heavy atom. The molecule has 17 heavy (non-hydrogen) atoms. The first-order chi connectivity index (χ1) is 8.20.